The molecular formula is C16H24F3NSi. The lowest BCUT2D eigenvalue weighted by Crippen LogP contribution is -2.39. The zero-order valence-corrected chi connectivity index (χ0v) is 14.0. The standard InChI is InChI=1S/C16H24F3NSi/c1-21(2,3)15-6-4-13(5-7-15)12-20-10-8-14(9-11-20)16(17,18)19/h4-7,14H,8-12H2,1-3H3. The molecule has 1 aromatic rings. The van der Waals surface area contributed by atoms with Crippen molar-refractivity contribution >= 4 is 13.3 Å². The monoisotopic (exact) mass is 315 g/mol. The van der Waals surface area contributed by atoms with Gasteiger partial charge in [-0.25, -0.2) is 0 Å². The summed E-state index contributed by atoms with van der Waals surface area (Å²) in [6, 6.07) is 8.63. The molecule has 0 amide bonds. The molecule has 0 unspecified atom stereocenters. The van der Waals surface area contributed by atoms with Crippen LogP contribution in [0.4, 0.5) is 13.2 Å². The first-order valence-electron chi connectivity index (χ1n) is 7.55. The molecule has 5 heteroatoms. The van der Waals surface area contributed by atoms with E-state index in [9.17, 15) is 13.2 Å². The molecule has 0 saturated carbocycles. The first kappa shape index (κ1) is 16.6. The van der Waals surface area contributed by atoms with E-state index in [1.54, 1.807) is 0 Å². The number of halogens is 3. The summed E-state index contributed by atoms with van der Waals surface area (Å²) < 4.78 is 37.9. The SMILES string of the molecule is C[Si](C)(C)c1ccc(CN2CCC(C(F)(F)F)CC2)cc1. The van der Waals surface area contributed by atoms with Gasteiger partial charge in [0.2, 0.25) is 0 Å². The Morgan fingerprint density at radius 3 is 2.00 bits per heavy atom. The van der Waals surface area contributed by atoms with Gasteiger partial charge in [0.1, 0.15) is 0 Å². The molecule has 118 valence electrons. The van der Waals surface area contributed by atoms with Crippen molar-refractivity contribution in [2.75, 3.05) is 13.1 Å². The fraction of sp³-hybridized carbons (Fsp3) is 0.625. The van der Waals surface area contributed by atoms with Gasteiger partial charge < -0.3 is 0 Å². The molecule has 0 aromatic heterocycles. The Morgan fingerprint density at radius 1 is 1.05 bits per heavy atom. The van der Waals surface area contributed by atoms with Gasteiger partial charge in [-0.05, 0) is 31.5 Å². The lowest BCUT2D eigenvalue weighted by molar-refractivity contribution is -0.185. The second-order valence-electron chi connectivity index (χ2n) is 7.04. The Balaban J connectivity index is 1.89. The highest BCUT2D eigenvalue weighted by Crippen LogP contribution is 2.34. The van der Waals surface area contributed by atoms with Crippen LogP contribution in [0.15, 0.2) is 24.3 Å². The average Bonchev–Trinajstić information content (AvgIpc) is 2.38. The van der Waals surface area contributed by atoms with E-state index in [-0.39, 0.29) is 12.8 Å². The van der Waals surface area contributed by atoms with E-state index in [1.165, 1.54) is 10.8 Å². The number of alkyl halides is 3. The van der Waals surface area contributed by atoms with Gasteiger partial charge in [-0.3, -0.25) is 4.90 Å². The Labute approximate surface area is 126 Å². The molecule has 1 fully saturated rings. The summed E-state index contributed by atoms with van der Waals surface area (Å²) in [5.74, 6) is -1.11. The minimum Gasteiger partial charge on any atom is -0.299 e. The summed E-state index contributed by atoms with van der Waals surface area (Å²) in [4.78, 5) is 2.13. The van der Waals surface area contributed by atoms with Gasteiger partial charge in [0.15, 0.2) is 0 Å². The lowest BCUT2D eigenvalue weighted by Gasteiger charge is -2.33. The minimum atomic E-state index is -4.02. The summed E-state index contributed by atoms with van der Waals surface area (Å²) in [7, 11) is -1.28. The van der Waals surface area contributed by atoms with Gasteiger partial charge in [0.05, 0.1) is 14.0 Å². The third kappa shape index (κ3) is 4.58. The molecule has 1 nitrogen and oxygen atoms in total. The second-order valence-corrected chi connectivity index (χ2v) is 12.1. The Kier molecular flexibility index (Phi) is 4.83. The summed E-state index contributed by atoms with van der Waals surface area (Å²) in [6.45, 7) is 8.77. The molecular weight excluding hydrogens is 291 g/mol. The summed E-state index contributed by atoms with van der Waals surface area (Å²) in [5.41, 5.74) is 1.20. The Hall–Kier alpha value is -0.813. The number of hydrogen-bond acceptors (Lipinski definition) is 1. The van der Waals surface area contributed by atoms with E-state index in [1.807, 2.05) is 0 Å². The van der Waals surface area contributed by atoms with Crippen LogP contribution in [0, 0.1) is 5.92 Å². The highest BCUT2D eigenvalue weighted by Gasteiger charge is 2.40. The summed E-state index contributed by atoms with van der Waals surface area (Å²) >= 11 is 0. The molecule has 1 saturated heterocycles. The molecule has 0 radical (unpaired) electrons. The smallest absolute Gasteiger partial charge is 0.299 e. The van der Waals surface area contributed by atoms with Gasteiger partial charge in [-0.15, -0.1) is 0 Å². The predicted octanol–water partition coefficient (Wildman–Crippen LogP) is 4.01. The first-order valence-corrected chi connectivity index (χ1v) is 11.0. The topological polar surface area (TPSA) is 3.24 Å². The molecule has 0 atom stereocenters. The molecule has 0 N–H and O–H groups in total. The van der Waals surface area contributed by atoms with Crippen LogP contribution in [0.1, 0.15) is 18.4 Å². The van der Waals surface area contributed by atoms with E-state index < -0.39 is 20.2 Å². The van der Waals surface area contributed by atoms with Gasteiger partial charge in [0.25, 0.3) is 0 Å². The number of nitrogens with zero attached hydrogens (tertiary/aromatic N) is 1. The third-order valence-electron chi connectivity index (χ3n) is 4.28. The van der Waals surface area contributed by atoms with Crippen LogP contribution in [0.5, 0.6) is 0 Å². The Morgan fingerprint density at radius 2 is 1.57 bits per heavy atom. The number of rotatable bonds is 3. The Bertz CT molecular complexity index is 454. The summed E-state index contributed by atoms with van der Waals surface area (Å²) in [6.07, 6.45) is -3.56. The van der Waals surface area contributed by atoms with Gasteiger partial charge in [0, 0.05) is 6.54 Å². The van der Waals surface area contributed by atoms with E-state index >= 15 is 0 Å². The van der Waals surface area contributed by atoms with Crippen molar-refractivity contribution in [2.45, 2.75) is 45.2 Å². The number of hydrogen-bond donors (Lipinski definition) is 0. The first-order chi connectivity index (χ1) is 9.66. The van der Waals surface area contributed by atoms with Crippen LogP contribution in [0.25, 0.3) is 0 Å². The normalized spacial score (nSPS) is 19.0. The van der Waals surface area contributed by atoms with E-state index in [4.69, 9.17) is 0 Å². The fourth-order valence-electron chi connectivity index (χ4n) is 2.79. The molecule has 2 rings (SSSR count). The highest BCUT2D eigenvalue weighted by molar-refractivity contribution is 6.88. The quantitative estimate of drug-likeness (QED) is 0.762. The zero-order chi connectivity index (χ0) is 15.7. The number of benzene rings is 1. The maximum atomic E-state index is 12.6. The van der Waals surface area contributed by atoms with Gasteiger partial charge >= 0.3 is 6.18 Å². The predicted molar refractivity (Wildman–Crippen MR) is 83.5 cm³/mol. The van der Waals surface area contributed by atoms with E-state index in [2.05, 4.69) is 48.8 Å². The minimum absolute atomic E-state index is 0.233. The highest BCUT2D eigenvalue weighted by atomic mass is 28.3. The maximum absolute atomic E-state index is 12.6. The second kappa shape index (κ2) is 6.13. The largest absolute Gasteiger partial charge is 0.391 e. The van der Waals surface area contributed by atoms with E-state index in [0.717, 1.165) is 6.54 Å². The molecule has 0 spiro atoms. The van der Waals surface area contributed by atoms with Crippen molar-refractivity contribution < 1.29 is 13.2 Å². The van der Waals surface area contributed by atoms with Crippen molar-refractivity contribution in [1.29, 1.82) is 0 Å². The van der Waals surface area contributed by atoms with Crippen LogP contribution in [-0.4, -0.2) is 32.2 Å². The fourth-order valence-corrected chi connectivity index (χ4v) is 3.95. The third-order valence-corrected chi connectivity index (χ3v) is 6.34. The molecule has 0 bridgehead atoms. The number of piperidine rings is 1. The van der Waals surface area contributed by atoms with Crippen molar-refractivity contribution in [3.05, 3.63) is 29.8 Å². The van der Waals surface area contributed by atoms with Crippen molar-refractivity contribution in [1.82, 2.24) is 4.90 Å². The molecule has 1 aliphatic heterocycles. The molecule has 1 aliphatic rings. The van der Waals surface area contributed by atoms with Gasteiger partial charge in [-0.1, -0.05) is 49.1 Å². The molecule has 0 aliphatic carbocycles. The van der Waals surface area contributed by atoms with Crippen molar-refractivity contribution in [3.63, 3.8) is 0 Å². The summed E-state index contributed by atoms with van der Waals surface area (Å²) in [5, 5.41) is 1.42. The van der Waals surface area contributed by atoms with Gasteiger partial charge in [-0.2, -0.15) is 13.2 Å². The van der Waals surface area contributed by atoms with Crippen molar-refractivity contribution in [3.8, 4) is 0 Å². The van der Waals surface area contributed by atoms with Crippen molar-refractivity contribution in [2.24, 2.45) is 5.92 Å². The molecule has 1 aromatic carbocycles. The lowest BCUT2D eigenvalue weighted by atomic mass is 9.96. The molecule has 21 heavy (non-hydrogen) atoms. The van der Waals surface area contributed by atoms with Crippen LogP contribution < -0.4 is 5.19 Å². The maximum Gasteiger partial charge on any atom is 0.391 e. The average molecular weight is 315 g/mol. The zero-order valence-electron chi connectivity index (χ0n) is 13.0. The van der Waals surface area contributed by atoms with Crippen LogP contribution in [-0.2, 0) is 6.54 Å². The number of likely N-dealkylation sites (tertiary alicyclic amines) is 1. The van der Waals surface area contributed by atoms with Crippen LogP contribution in [0.2, 0.25) is 19.6 Å². The molecule has 1 heterocycles. The van der Waals surface area contributed by atoms with Crippen LogP contribution in [0.3, 0.4) is 0 Å². The van der Waals surface area contributed by atoms with Crippen LogP contribution >= 0.6 is 0 Å². The van der Waals surface area contributed by atoms with E-state index in [0.29, 0.717) is 13.1 Å².